The van der Waals surface area contributed by atoms with Crippen molar-refractivity contribution in [3.63, 3.8) is 0 Å². The number of benzene rings is 2. The maximum absolute atomic E-state index is 13.3. The van der Waals surface area contributed by atoms with E-state index in [9.17, 15) is 9.00 Å². The molecular formula is C33H40ClN2O4S-. The fraction of sp³-hybridized carbons (Fsp3) is 0.545. The zero-order chi connectivity index (χ0) is 28.7. The smallest absolute Gasteiger partial charge is 0.254 e. The highest BCUT2D eigenvalue weighted by Gasteiger charge is 2.44. The first-order valence-electron chi connectivity index (χ1n) is 14.9. The van der Waals surface area contributed by atoms with E-state index < -0.39 is 16.5 Å². The Balaban J connectivity index is 1.44. The highest BCUT2D eigenvalue weighted by atomic mass is 35.5. The number of anilines is 1. The summed E-state index contributed by atoms with van der Waals surface area (Å²) >= 11 is 6.41. The third kappa shape index (κ3) is 5.57. The van der Waals surface area contributed by atoms with Crippen LogP contribution in [-0.4, -0.2) is 44.1 Å². The van der Waals surface area contributed by atoms with Crippen molar-refractivity contribution in [3.05, 3.63) is 70.3 Å². The van der Waals surface area contributed by atoms with Gasteiger partial charge in [0.2, 0.25) is 0 Å². The van der Waals surface area contributed by atoms with Crippen molar-refractivity contribution in [1.29, 1.82) is 0 Å². The Labute approximate surface area is 250 Å². The van der Waals surface area contributed by atoms with Crippen molar-refractivity contribution in [3.8, 4) is 5.75 Å². The minimum Gasteiger partial charge on any atom is -0.490 e. The summed E-state index contributed by atoms with van der Waals surface area (Å²) in [5.74, 6) is 1.34. The van der Waals surface area contributed by atoms with Crippen molar-refractivity contribution in [2.24, 2.45) is 22.1 Å². The van der Waals surface area contributed by atoms with Gasteiger partial charge in [-0.15, -0.1) is 0 Å². The third-order valence-corrected chi connectivity index (χ3v) is 11.7. The number of hydrogen-bond donors (Lipinski definition) is 0. The average molecular weight is 596 g/mol. The first kappa shape index (κ1) is 28.8. The zero-order valence-corrected chi connectivity index (χ0v) is 25.8. The number of halogens is 1. The van der Waals surface area contributed by atoms with Crippen LogP contribution in [-0.2, 0) is 31.4 Å². The summed E-state index contributed by atoms with van der Waals surface area (Å²) in [6, 6.07) is 11.9. The van der Waals surface area contributed by atoms with Crippen LogP contribution in [0.5, 0.6) is 5.75 Å². The maximum Gasteiger partial charge on any atom is 0.254 e. The van der Waals surface area contributed by atoms with Crippen LogP contribution in [0.4, 0.5) is 5.69 Å². The molecule has 4 aliphatic rings. The first-order valence-corrected chi connectivity index (χ1v) is 16.5. The predicted octanol–water partition coefficient (Wildman–Crippen LogP) is 7.13. The van der Waals surface area contributed by atoms with Gasteiger partial charge in [0.1, 0.15) is 5.75 Å². The van der Waals surface area contributed by atoms with E-state index in [2.05, 4.69) is 40.5 Å². The molecule has 2 heterocycles. The van der Waals surface area contributed by atoms with E-state index in [4.69, 9.17) is 21.1 Å². The molecule has 1 fully saturated rings. The van der Waals surface area contributed by atoms with E-state index in [0.717, 1.165) is 68.1 Å². The zero-order valence-electron chi connectivity index (χ0n) is 24.2. The number of nitrogens with zero attached hydrogens (tertiary/aromatic N) is 2. The van der Waals surface area contributed by atoms with Gasteiger partial charge in [-0.25, -0.2) is 0 Å². The molecule has 6 atom stereocenters. The molecule has 1 saturated carbocycles. The number of hydrogen-bond acceptors (Lipinski definition) is 6. The molecule has 6 rings (SSSR count). The van der Waals surface area contributed by atoms with E-state index in [-0.39, 0.29) is 22.7 Å². The van der Waals surface area contributed by atoms with Gasteiger partial charge in [-0.2, -0.15) is 10.6 Å². The van der Waals surface area contributed by atoms with Crippen LogP contribution >= 0.6 is 11.6 Å². The second-order valence-electron chi connectivity index (χ2n) is 12.5. The summed E-state index contributed by atoms with van der Waals surface area (Å²) in [5, 5.41) is 0.530. The normalized spacial score (nSPS) is 33.0. The number of rotatable bonds is 1. The van der Waals surface area contributed by atoms with E-state index in [1.165, 1.54) is 11.1 Å². The lowest BCUT2D eigenvalue weighted by Gasteiger charge is -2.46. The van der Waals surface area contributed by atoms with Crippen LogP contribution in [0.2, 0.25) is 5.02 Å². The van der Waals surface area contributed by atoms with Gasteiger partial charge in [-0.3, -0.25) is 4.79 Å². The molecule has 2 aromatic carbocycles. The molecule has 1 spiro atoms. The van der Waals surface area contributed by atoms with Gasteiger partial charge in [0, 0.05) is 36.2 Å². The number of carbonyl (C=O) groups excluding carboxylic acids is 1. The highest BCUT2D eigenvalue weighted by molar-refractivity contribution is 7.75. The molecule has 0 aromatic heterocycles. The summed E-state index contributed by atoms with van der Waals surface area (Å²) in [4.78, 5) is 15.7. The number of ether oxygens (including phenoxy) is 2. The minimum atomic E-state index is -1.63. The largest absolute Gasteiger partial charge is 0.490 e. The molecule has 0 radical (unpaired) electrons. The summed E-state index contributed by atoms with van der Waals surface area (Å²) in [7, 11) is 0.175. The molecule has 6 nitrogen and oxygen atoms in total. The highest BCUT2D eigenvalue weighted by Crippen LogP contribution is 2.47. The van der Waals surface area contributed by atoms with Gasteiger partial charge in [-0.1, -0.05) is 54.8 Å². The van der Waals surface area contributed by atoms with Crippen LogP contribution in [0.25, 0.3) is 0 Å². The number of amides is 1. The van der Waals surface area contributed by atoms with Gasteiger partial charge in [0.15, 0.2) is 0 Å². The van der Waals surface area contributed by atoms with Crippen molar-refractivity contribution < 1.29 is 18.5 Å². The predicted molar refractivity (Wildman–Crippen MR) is 164 cm³/mol. The van der Waals surface area contributed by atoms with Crippen LogP contribution in [0.1, 0.15) is 67.4 Å². The average Bonchev–Trinajstić information content (AvgIpc) is 3.10. The molecule has 0 saturated heterocycles. The SMILES string of the molecule is CO[C@H]1/C=C/C[C@H](C)[C@@H](C)[S-](=O)=NC(=O)c2ccc3c(c2)N(C[C@@H]2CC[C@H]21)C[C@@]1(CCCc2cc(Cl)ccc21)CO3. The van der Waals surface area contributed by atoms with E-state index in [0.29, 0.717) is 24.0 Å². The molecule has 41 heavy (non-hydrogen) atoms. The molecular weight excluding hydrogens is 556 g/mol. The van der Waals surface area contributed by atoms with Gasteiger partial charge >= 0.3 is 0 Å². The van der Waals surface area contributed by atoms with E-state index in [1.807, 2.05) is 25.1 Å². The summed E-state index contributed by atoms with van der Waals surface area (Å²) in [6.07, 6.45) is 10.6. The van der Waals surface area contributed by atoms with Crippen LogP contribution in [0.15, 0.2) is 52.9 Å². The maximum atomic E-state index is 13.3. The molecule has 2 aliphatic carbocycles. The quantitative estimate of drug-likeness (QED) is 0.259. The molecule has 0 N–H and O–H groups in total. The first-order chi connectivity index (χ1) is 19.8. The van der Waals surface area contributed by atoms with Crippen LogP contribution < -0.4 is 9.64 Å². The second kappa shape index (κ2) is 11.7. The van der Waals surface area contributed by atoms with Crippen LogP contribution in [0.3, 0.4) is 0 Å². The van der Waals surface area contributed by atoms with Crippen LogP contribution in [0, 0.1) is 17.8 Å². The van der Waals surface area contributed by atoms with Crippen molar-refractivity contribution in [2.45, 2.75) is 69.1 Å². The monoisotopic (exact) mass is 595 g/mol. The molecule has 2 aliphatic heterocycles. The Morgan fingerprint density at radius 3 is 2.80 bits per heavy atom. The molecule has 2 bridgehead atoms. The standard InChI is InChI=1S/C33H40ClN2O4S/c1-21-6-4-8-30(39-3)27-12-9-25(27)18-36-19-33(15-5-7-23-16-26(34)11-13-28(23)33)20-40-31-14-10-24(17-29(31)36)32(37)35-41(38)22(21)2/h4,8,10-11,13-14,16-17,21-22,25,27,30H,5-7,9,12,15,18-20H2,1-3H3/q-1/b8-4+/t21-,22+,25-,27+,30-,33-/m0/s1. The van der Waals surface area contributed by atoms with Crippen molar-refractivity contribution in [1.82, 2.24) is 0 Å². The lowest BCUT2D eigenvalue weighted by Crippen LogP contribution is -2.49. The number of aryl methyl sites for hydroxylation is 1. The van der Waals surface area contributed by atoms with Crippen molar-refractivity contribution >= 4 is 33.8 Å². The molecule has 1 amide bonds. The Hall–Kier alpha value is -2.35. The van der Waals surface area contributed by atoms with Gasteiger partial charge in [0.25, 0.3) is 5.91 Å². The molecule has 220 valence electrons. The fourth-order valence-electron chi connectivity index (χ4n) is 7.22. The van der Waals surface area contributed by atoms with E-state index >= 15 is 0 Å². The number of carbonyl (C=O) groups is 1. The second-order valence-corrected chi connectivity index (χ2v) is 14.4. The van der Waals surface area contributed by atoms with E-state index in [1.54, 1.807) is 13.2 Å². The van der Waals surface area contributed by atoms with Gasteiger partial charge < -0.3 is 22.9 Å². The minimum absolute atomic E-state index is 0.0430. The molecule has 2 aromatic rings. The number of methoxy groups -OCH3 is 1. The molecule has 8 heteroatoms. The summed E-state index contributed by atoms with van der Waals surface area (Å²) in [5.41, 5.74) is 3.81. The lowest BCUT2D eigenvalue weighted by molar-refractivity contribution is 0.0131. The summed E-state index contributed by atoms with van der Waals surface area (Å²) < 4.78 is 29.8. The Bertz CT molecular complexity index is 1440. The van der Waals surface area contributed by atoms with Crippen molar-refractivity contribution in [2.75, 3.05) is 31.7 Å². The lowest BCUT2D eigenvalue weighted by atomic mass is 9.68. The number of fused-ring (bicyclic) bond motifs is 4. The summed E-state index contributed by atoms with van der Waals surface area (Å²) in [6.45, 7) is 6.19. The van der Waals surface area contributed by atoms with Gasteiger partial charge in [-0.05, 0) is 91.8 Å². The Kier molecular flexibility index (Phi) is 8.23. The third-order valence-electron chi connectivity index (χ3n) is 10.0. The topological polar surface area (TPSA) is 68.2 Å². The van der Waals surface area contributed by atoms with Gasteiger partial charge in [0.05, 0.1) is 18.4 Å². The Morgan fingerprint density at radius 2 is 2.02 bits per heavy atom. The Morgan fingerprint density at radius 1 is 1.17 bits per heavy atom. The number of allylic oxidation sites excluding steroid dienone is 1. The molecule has 0 unspecified atom stereocenters. The fourth-order valence-corrected chi connectivity index (χ4v) is 8.35.